The first kappa shape index (κ1) is 16.5. The van der Waals surface area contributed by atoms with Crippen LogP contribution in [0.15, 0.2) is 18.2 Å². The zero-order valence-corrected chi connectivity index (χ0v) is 12.8. The zero-order valence-electron chi connectivity index (χ0n) is 12.8. The van der Waals surface area contributed by atoms with E-state index in [0.29, 0.717) is 12.2 Å². The molecule has 2 amide bonds. The second-order valence-electron chi connectivity index (χ2n) is 5.48. The summed E-state index contributed by atoms with van der Waals surface area (Å²) in [5.74, 6) is -0.143. The number of hydrogen-bond acceptors (Lipinski definition) is 3. The molecular formula is C16H23FN2O3. The van der Waals surface area contributed by atoms with Gasteiger partial charge in [-0.1, -0.05) is 19.3 Å². The van der Waals surface area contributed by atoms with E-state index in [1.165, 1.54) is 31.7 Å². The minimum atomic E-state index is -0.422. The smallest absolute Gasteiger partial charge is 0.322 e. The predicted octanol–water partition coefficient (Wildman–Crippen LogP) is 2.99. The van der Waals surface area contributed by atoms with Crippen LogP contribution in [0.5, 0.6) is 5.75 Å². The molecule has 22 heavy (non-hydrogen) atoms. The Morgan fingerprint density at radius 3 is 2.77 bits per heavy atom. The van der Waals surface area contributed by atoms with Crippen molar-refractivity contribution in [1.29, 1.82) is 0 Å². The lowest BCUT2D eigenvalue weighted by Gasteiger charge is -2.34. The lowest BCUT2D eigenvalue weighted by Crippen LogP contribution is -2.45. The van der Waals surface area contributed by atoms with Crippen LogP contribution in [-0.4, -0.2) is 42.3 Å². The van der Waals surface area contributed by atoms with E-state index in [1.54, 1.807) is 4.90 Å². The van der Waals surface area contributed by atoms with Crippen LogP contribution in [0.1, 0.15) is 32.1 Å². The number of benzene rings is 1. The highest BCUT2D eigenvalue weighted by Gasteiger charge is 2.25. The second-order valence-corrected chi connectivity index (χ2v) is 5.48. The summed E-state index contributed by atoms with van der Waals surface area (Å²) in [5, 5.41) is 12.0. The van der Waals surface area contributed by atoms with Crippen LogP contribution < -0.4 is 10.1 Å². The zero-order chi connectivity index (χ0) is 15.9. The summed E-state index contributed by atoms with van der Waals surface area (Å²) in [6.45, 7) is 0.213. The molecule has 1 fully saturated rings. The van der Waals surface area contributed by atoms with E-state index in [1.807, 2.05) is 0 Å². The summed E-state index contributed by atoms with van der Waals surface area (Å²) < 4.78 is 18.3. The molecule has 0 aliphatic heterocycles. The lowest BCUT2D eigenvalue weighted by molar-refractivity contribution is 0.144. The molecule has 0 spiro atoms. The van der Waals surface area contributed by atoms with Crippen LogP contribution in [0.2, 0.25) is 0 Å². The minimum Gasteiger partial charge on any atom is -0.494 e. The third kappa shape index (κ3) is 4.10. The SMILES string of the molecule is COc1cc(F)ccc1NC(=O)N(CCO)C1CCCCC1. The Morgan fingerprint density at radius 2 is 2.14 bits per heavy atom. The van der Waals surface area contributed by atoms with Gasteiger partial charge >= 0.3 is 6.03 Å². The standard InChI is InChI=1S/C16H23FN2O3/c1-22-15-11-12(17)7-8-14(15)18-16(21)19(9-10-20)13-5-3-2-4-6-13/h7-8,11,13,20H,2-6,9-10H2,1H3,(H,18,21). The summed E-state index contributed by atoms with van der Waals surface area (Å²) in [7, 11) is 1.43. The van der Waals surface area contributed by atoms with E-state index in [0.717, 1.165) is 25.7 Å². The summed E-state index contributed by atoms with van der Waals surface area (Å²) in [5.41, 5.74) is 0.424. The van der Waals surface area contributed by atoms with E-state index >= 15 is 0 Å². The summed E-state index contributed by atoms with van der Waals surface area (Å²) in [6, 6.07) is 3.84. The van der Waals surface area contributed by atoms with Crippen LogP contribution >= 0.6 is 0 Å². The number of carbonyl (C=O) groups excluding carboxylic acids is 1. The quantitative estimate of drug-likeness (QED) is 0.879. The van der Waals surface area contributed by atoms with E-state index in [2.05, 4.69) is 5.32 Å². The van der Waals surface area contributed by atoms with E-state index in [4.69, 9.17) is 4.74 Å². The Kier molecular flexibility index (Phi) is 6.00. The van der Waals surface area contributed by atoms with Crippen molar-refractivity contribution in [3.05, 3.63) is 24.0 Å². The minimum absolute atomic E-state index is 0.0789. The van der Waals surface area contributed by atoms with Gasteiger partial charge in [-0.2, -0.15) is 0 Å². The molecule has 1 aliphatic rings. The van der Waals surface area contributed by atoms with Crippen LogP contribution in [0.4, 0.5) is 14.9 Å². The van der Waals surface area contributed by atoms with Gasteiger partial charge in [0, 0.05) is 18.7 Å². The van der Waals surface area contributed by atoms with E-state index < -0.39 is 5.82 Å². The molecule has 0 bridgehead atoms. The highest BCUT2D eigenvalue weighted by atomic mass is 19.1. The predicted molar refractivity (Wildman–Crippen MR) is 82.6 cm³/mol. The van der Waals surface area contributed by atoms with Crippen LogP contribution in [-0.2, 0) is 0 Å². The fourth-order valence-electron chi connectivity index (χ4n) is 2.91. The second kappa shape index (κ2) is 7.98. The van der Waals surface area contributed by atoms with Gasteiger partial charge in [0.1, 0.15) is 11.6 Å². The normalized spacial score (nSPS) is 15.4. The van der Waals surface area contributed by atoms with Crippen molar-refractivity contribution >= 4 is 11.7 Å². The maximum absolute atomic E-state index is 13.2. The number of rotatable bonds is 5. The average molecular weight is 310 g/mol. The van der Waals surface area contributed by atoms with Gasteiger partial charge in [0.25, 0.3) is 0 Å². The number of nitrogens with one attached hydrogen (secondary N) is 1. The van der Waals surface area contributed by atoms with Crippen molar-refractivity contribution in [2.45, 2.75) is 38.1 Å². The maximum Gasteiger partial charge on any atom is 0.322 e. The largest absolute Gasteiger partial charge is 0.494 e. The van der Waals surface area contributed by atoms with Crippen molar-refractivity contribution in [3.8, 4) is 5.75 Å². The number of nitrogens with zero attached hydrogens (tertiary/aromatic N) is 1. The van der Waals surface area contributed by atoms with Gasteiger partial charge in [0.15, 0.2) is 0 Å². The summed E-state index contributed by atoms with van der Waals surface area (Å²) in [4.78, 5) is 14.2. The number of anilines is 1. The highest BCUT2D eigenvalue weighted by Crippen LogP contribution is 2.27. The Hall–Kier alpha value is -1.82. The number of hydrogen-bond donors (Lipinski definition) is 2. The number of methoxy groups -OCH3 is 1. The molecule has 0 saturated heterocycles. The summed E-state index contributed by atoms with van der Waals surface area (Å²) >= 11 is 0. The molecule has 2 rings (SSSR count). The molecule has 2 N–H and O–H groups in total. The molecular weight excluding hydrogens is 287 g/mol. The van der Waals surface area contributed by atoms with Crippen molar-refractivity contribution in [1.82, 2.24) is 4.90 Å². The number of aliphatic hydroxyl groups is 1. The van der Waals surface area contributed by atoms with Crippen LogP contribution in [0.3, 0.4) is 0 Å². The topological polar surface area (TPSA) is 61.8 Å². The van der Waals surface area contributed by atoms with Crippen molar-refractivity contribution in [2.24, 2.45) is 0 Å². The van der Waals surface area contributed by atoms with Gasteiger partial charge in [-0.05, 0) is 25.0 Å². The molecule has 122 valence electrons. The van der Waals surface area contributed by atoms with Gasteiger partial charge < -0.3 is 20.1 Å². The van der Waals surface area contributed by atoms with Gasteiger partial charge in [0.2, 0.25) is 0 Å². The third-order valence-corrected chi connectivity index (χ3v) is 4.02. The number of carbonyl (C=O) groups is 1. The van der Waals surface area contributed by atoms with Crippen molar-refractivity contribution < 1.29 is 19.0 Å². The molecule has 1 saturated carbocycles. The fraction of sp³-hybridized carbons (Fsp3) is 0.562. The first-order chi connectivity index (χ1) is 10.7. The molecule has 0 radical (unpaired) electrons. The Bertz CT molecular complexity index is 504. The first-order valence-electron chi connectivity index (χ1n) is 7.67. The highest BCUT2D eigenvalue weighted by molar-refractivity contribution is 5.91. The van der Waals surface area contributed by atoms with Gasteiger partial charge in [-0.3, -0.25) is 0 Å². The number of halogens is 1. The monoisotopic (exact) mass is 310 g/mol. The number of aliphatic hydroxyl groups excluding tert-OH is 1. The molecule has 1 aliphatic carbocycles. The molecule has 1 aromatic rings. The lowest BCUT2D eigenvalue weighted by atomic mass is 9.94. The average Bonchev–Trinajstić information content (AvgIpc) is 2.54. The molecule has 5 nitrogen and oxygen atoms in total. The molecule has 6 heteroatoms. The molecule has 0 heterocycles. The maximum atomic E-state index is 13.2. The van der Waals surface area contributed by atoms with E-state index in [-0.39, 0.29) is 24.4 Å². The number of urea groups is 1. The number of amides is 2. The van der Waals surface area contributed by atoms with Gasteiger partial charge in [0.05, 0.1) is 19.4 Å². The Labute approximate surface area is 130 Å². The van der Waals surface area contributed by atoms with E-state index in [9.17, 15) is 14.3 Å². The third-order valence-electron chi connectivity index (χ3n) is 4.02. The van der Waals surface area contributed by atoms with Gasteiger partial charge in [-0.15, -0.1) is 0 Å². The first-order valence-corrected chi connectivity index (χ1v) is 7.67. The summed E-state index contributed by atoms with van der Waals surface area (Å²) in [6.07, 6.45) is 5.29. The Morgan fingerprint density at radius 1 is 1.41 bits per heavy atom. The fourth-order valence-corrected chi connectivity index (χ4v) is 2.91. The van der Waals surface area contributed by atoms with Gasteiger partial charge in [-0.25, -0.2) is 9.18 Å². The number of ether oxygens (including phenoxy) is 1. The molecule has 1 aromatic carbocycles. The van der Waals surface area contributed by atoms with Crippen molar-refractivity contribution in [2.75, 3.05) is 25.6 Å². The van der Waals surface area contributed by atoms with Crippen LogP contribution in [0, 0.1) is 5.82 Å². The molecule has 0 aromatic heterocycles. The molecule has 0 atom stereocenters. The Balaban J connectivity index is 2.10. The van der Waals surface area contributed by atoms with Crippen molar-refractivity contribution in [3.63, 3.8) is 0 Å². The van der Waals surface area contributed by atoms with Crippen LogP contribution in [0.25, 0.3) is 0 Å². The molecule has 0 unspecified atom stereocenters.